The Morgan fingerprint density at radius 3 is 2.42 bits per heavy atom. The van der Waals surface area contributed by atoms with Gasteiger partial charge in [-0.05, 0) is 28.7 Å². The van der Waals surface area contributed by atoms with Crippen LogP contribution < -0.4 is 5.32 Å². The van der Waals surface area contributed by atoms with E-state index in [1.165, 1.54) is 0 Å². The van der Waals surface area contributed by atoms with Gasteiger partial charge in [-0.1, -0.05) is 19.6 Å². The van der Waals surface area contributed by atoms with Gasteiger partial charge in [-0.3, -0.25) is 4.98 Å². The molecule has 12 heavy (non-hydrogen) atoms. The van der Waals surface area contributed by atoms with Crippen molar-refractivity contribution in [1.82, 2.24) is 4.98 Å². The molecule has 0 saturated heterocycles. The van der Waals surface area contributed by atoms with Gasteiger partial charge >= 0.3 is 0 Å². The number of hydrogen-bond acceptors (Lipinski definition) is 1. The van der Waals surface area contributed by atoms with Gasteiger partial charge in [-0.2, -0.15) is 0 Å². The largest absolute Gasteiger partial charge is 0.262 e. The van der Waals surface area contributed by atoms with Gasteiger partial charge in [0.1, 0.15) is 13.9 Å². The monoisotopic (exact) mass is 295 g/mol. The standard InChI is InChI=1S/C8H11FINSi/c1-12(2,3)8-7(9)4-6(10)5-11-8/h4-5H,1-3H3. The third-order valence-corrected chi connectivity index (χ3v) is 3.90. The molecule has 1 heterocycles. The molecule has 0 fully saturated rings. The summed E-state index contributed by atoms with van der Waals surface area (Å²) in [5, 5.41) is 0.669. The van der Waals surface area contributed by atoms with E-state index in [0.29, 0.717) is 5.32 Å². The van der Waals surface area contributed by atoms with Gasteiger partial charge < -0.3 is 0 Å². The van der Waals surface area contributed by atoms with Crippen LogP contribution in [0.2, 0.25) is 19.6 Å². The number of rotatable bonds is 1. The summed E-state index contributed by atoms with van der Waals surface area (Å²) in [6.45, 7) is 6.27. The quantitative estimate of drug-likeness (QED) is 0.572. The molecule has 4 heteroatoms. The van der Waals surface area contributed by atoms with Crippen molar-refractivity contribution in [2.24, 2.45) is 0 Å². The summed E-state index contributed by atoms with van der Waals surface area (Å²) in [4.78, 5) is 4.13. The maximum atomic E-state index is 13.3. The second-order valence-corrected chi connectivity index (χ2v) is 9.95. The number of hydrogen-bond donors (Lipinski definition) is 0. The molecule has 0 saturated carbocycles. The lowest BCUT2D eigenvalue weighted by Gasteiger charge is -2.15. The summed E-state index contributed by atoms with van der Waals surface area (Å²) in [5.74, 6) is -0.152. The molecule has 1 aromatic heterocycles. The molecule has 0 aliphatic heterocycles. The number of pyridine rings is 1. The van der Waals surface area contributed by atoms with Gasteiger partial charge in [-0.15, -0.1) is 0 Å². The first-order chi connectivity index (χ1) is 5.41. The highest BCUT2D eigenvalue weighted by molar-refractivity contribution is 14.1. The van der Waals surface area contributed by atoms with Crippen LogP contribution in [0.3, 0.4) is 0 Å². The topological polar surface area (TPSA) is 12.9 Å². The molecule has 0 aliphatic carbocycles. The van der Waals surface area contributed by atoms with Gasteiger partial charge in [0.15, 0.2) is 0 Å². The zero-order chi connectivity index (χ0) is 9.35. The fraction of sp³-hybridized carbons (Fsp3) is 0.375. The average molecular weight is 295 g/mol. The smallest absolute Gasteiger partial charge is 0.141 e. The van der Waals surface area contributed by atoms with Gasteiger partial charge in [0.25, 0.3) is 0 Å². The highest BCUT2D eigenvalue weighted by Gasteiger charge is 2.22. The molecule has 0 amide bonds. The van der Waals surface area contributed by atoms with Crippen molar-refractivity contribution in [3.63, 3.8) is 0 Å². The molecule has 0 aliphatic rings. The molecule has 0 N–H and O–H groups in total. The van der Waals surface area contributed by atoms with Crippen molar-refractivity contribution in [3.05, 3.63) is 21.7 Å². The summed E-state index contributed by atoms with van der Waals surface area (Å²) >= 11 is 2.06. The van der Waals surface area contributed by atoms with E-state index < -0.39 is 8.07 Å². The van der Waals surface area contributed by atoms with E-state index in [9.17, 15) is 4.39 Å². The first-order valence-electron chi connectivity index (χ1n) is 3.73. The summed E-state index contributed by atoms with van der Waals surface area (Å²) in [6.07, 6.45) is 1.72. The molecular weight excluding hydrogens is 284 g/mol. The molecule has 0 atom stereocenters. The first kappa shape index (κ1) is 10.1. The van der Waals surface area contributed by atoms with E-state index in [-0.39, 0.29) is 5.82 Å². The van der Waals surface area contributed by atoms with Gasteiger partial charge in [0.05, 0.1) is 5.32 Å². The predicted octanol–water partition coefficient (Wildman–Crippen LogP) is 2.37. The fourth-order valence-corrected chi connectivity index (χ4v) is 2.62. The van der Waals surface area contributed by atoms with Crippen molar-refractivity contribution in [1.29, 1.82) is 0 Å². The normalized spacial score (nSPS) is 11.8. The molecule has 0 spiro atoms. The summed E-state index contributed by atoms with van der Waals surface area (Å²) < 4.78 is 14.2. The van der Waals surface area contributed by atoms with Crippen LogP contribution in [-0.4, -0.2) is 13.1 Å². The Bertz CT molecular complexity index is 296. The Labute approximate surface area is 86.6 Å². The molecule has 0 unspecified atom stereocenters. The van der Waals surface area contributed by atoms with Crippen LogP contribution >= 0.6 is 22.6 Å². The van der Waals surface area contributed by atoms with Crippen molar-refractivity contribution in [2.45, 2.75) is 19.6 Å². The molecule has 1 nitrogen and oxygen atoms in total. The Kier molecular flexibility index (Phi) is 2.87. The van der Waals surface area contributed by atoms with Crippen molar-refractivity contribution < 1.29 is 4.39 Å². The highest BCUT2D eigenvalue weighted by Crippen LogP contribution is 2.07. The second kappa shape index (κ2) is 3.41. The SMILES string of the molecule is C[Si](C)(C)c1ncc(I)cc1F. The van der Waals surface area contributed by atoms with E-state index in [1.807, 2.05) is 0 Å². The van der Waals surface area contributed by atoms with Crippen molar-refractivity contribution in [3.8, 4) is 0 Å². The highest BCUT2D eigenvalue weighted by atomic mass is 127. The third-order valence-electron chi connectivity index (χ3n) is 1.52. The Hall–Kier alpha value is 0.0269. The zero-order valence-electron chi connectivity index (χ0n) is 7.36. The summed E-state index contributed by atoms with van der Waals surface area (Å²) in [5.41, 5.74) is 0. The van der Waals surface area contributed by atoms with Crippen LogP contribution in [0.25, 0.3) is 0 Å². The lowest BCUT2D eigenvalue weighted by molar-refractivity contribution is 0.629. The van der Waals surface area contributed by atoms with E-state index >= 15 is 0 Å². The lowest BCUT2D eigenvalue weighted by Crippen LogP contribution is -2.42. The van der Waals surface area contributed by atoms with E-state index in [2.05, 4.69) is 47.2 Å². The maximum absolute atomic E-state index is 13.3. The van der Waals surface area contributed by atoms with Crippen LogP contribution in [0.1, 0.15) is 0 Å². The van der Waals surface area contributed by atoms with Crippen LogP contribution in [-0.2, 0) is 0 Å². The number of nitrogens with zero attached hydrogens (tertiary/aromatic N) is 1. The lowest BCUT2D eigenvalue weighted by atomic mass is 10.5. The number of halogens is 2. The maximum Gasteiger partial charge on any atom is 0.141 e. The minimum atomic E-state index is -1.59. The van der Waals surface area contributed by atoms with Crippen LogP contribution in [0.4, 0.5) is 4.39 Å². The fourth-order valence-electron chi connectivity index (χ4n) is 0.966. The minimum absolute atomic E-state index is 0.152. The van der Waals surface area contributed by atoms with Gasteiger partial charge in [0.2, 0.25) is 0 Å². The van der Waals surface area contributed by atoms with Crippen molar-refractivity contribution >= 4 is 36.0 Å². The second-order valence-electron chi connectivity index (χ2n) is 3.73. The zero-order valence-corrected chi connectivity index (χ0v) is 10.5. The van der Waals surface area contributed by atoms with Crippen LogP contribution in [0.5, 0.6) is 0 Å². The summed E-state index contributed by atoms with van der Waals surface area (Å²) in [6, 6.07) is 1.54. The molecular formula is C8H11FINSi. The number of aromatic nitrogens is 1. The van der Waals surface area contributed by atoms with Gasteiger partial charge in [-0.25, -0.2) is 4.39 Å². The molecule has 1 rings (SSSR count). The summed E-state index contributed by atoms with van der Waals surface area (Å²) in [7, 11) is -1.59. The molecule has 0 bridgehead atoms. The molecule has 0 radical (unpaired) electrons. The van der Waals surface area contributed by atoms with Gasteiger partial charge in [0, 0.05) is 9.77 Å². The van der Waals surface area contributed by atoms with E-state index in [4.69, 9.17) is 0 Å². The van der Waals surface area contributed by atoms with E-state index in [0.717, 1.165) is 3.57 Å². The average Bonchev–Trinajstić information content (AvgIpc) is 1.83. The Balaban J connectivity index is 3.19. The Morgan fingerprint density at radius 2 is 2.00 bits per heavy atom. The van der Waals surface area contributed by atoms with Crippen LogP contribution in [0.15, 0.2) is 12.3 Å². The minimum Gasteiger partial charge on any atom is -0.262 e. The van der Waals surface area contributed by atoms with Crippen LogP contribution in [0, 0.1) is 9.39 Å². The molecule has 0 aromatic carbocycles. The first-order valence-corrected chi connectivity index (χ1v) is 8.30. The van der Waals surface area contributed by atoms with Crippen molar-refractivity contribution in [2.75, 3.05) is 0 Å². The predicted molar refractivity (Wildman–Crippen MR) is 59.9 cm³/mol. The molecule has 66 valence electrons. The molecule has 1 aromatic rings. The van der Waals surface area contributed by atoms with E-state index in [1.54, 1.807) is 12.3 Å². The third kappa shape index (κ3) is 2.26. The Morgan fingerprint density at radius 1 is 1.42 bits per heavy atom.